The lowest BCUT2D eigenvalue weighted by atomic mass is 9.98. The van der Waals surface area contributed by atoms with Gasteiger partial charge in [-0.3, -0.25) is 9.69 Å². The third-order valence-corrected chi connectivity index (χ3v) is 3.10. The number of alkyl carbamates (subject to hydrolysis) is 1. The van der Waals surface area contributed by atoms with Crippen LogP contribution in [0.2, 0.25) is 0 Å². The summed E-state index contributed by atoms with van der Waals surface area (Å²) in [6.45, 7) is 6.52. The van der Waals surface area contributed by atoms with E-state index in [-0.39, 0.29) is 0 Å². The summed E-state index contributed by atoms with van der Waals surface area (Å²) in [7, 11) is -3.76. The molecule has 1 aliphatic heterocycles. The fourth-order valence-corrected chi connectivity index (χ4v) is 2.15. The van der Waals surface area contributed by atoms with Crippen LogP contribution in [0, 0.1) is 0 Å². The van der Waals surface area contributed by atoms with Crippen LogP contribution in [0.1, 0.15) is 27.7 Å². The van der Waals surface area contributed by atoms with E-state index in [0.717, 1.165) is 11.2 Å². The van der Waals surface area contributed by atoms with Gasteiger partial charge in [0.2, 0.25) is 10.0 Å². The summed E-state index contributed by atoms with van der Waals surface area (Å²) >= 11 is 0. The Bertz CT molecular complexity index is 565. The Morgan fingerprint density at radius 1 is 1.29 bits per heavy atom. The molecule has 0 aromatic heterocycles. The molecule has 0 bridgehead atoms. The molecule has 10 heteroatoms. The molecule has 0 aliphatic carbocycles. The predicted octanol–water partition coefficient (Wildman–Crippen LogP) is -0.220. The van der Waals surface area contributed by atoms with Crippen LogP contribution in [0.5, 0.6) is 0 Å². The number of hydrogen-bond donors (Lipinski definition) is 2. The van der Waals surface area contributed by atoms with Crippen LogP contribution in [0.4, 0.5) is 9.59 Å². The fraction of sp³-hybridized carbons (Fsp3) is 0.727. The molecule has 21 heavy (non-hydrogen) atoms. The highest BCUT2D eigenvalue weighted by molar-refractivity contribution is 7.89. The molecule has 0 spiro atoms. The monoisotopic (exact) mass is 321 g/mol. The first-order valence-electron chi connectivity index (χ1n) is 6.16. The van der Waals surface area contributed by atoms with Crippen molar-refractivity contribution in [2.24, 2.45) is 0 Å². The molecule has 0 radical (unpaired) electrons. The van der Waals surface area contributed by atoms with Gasteiger partial charge >= 0.3 is 12.1 Å². The zero-order valence-corrected chi connectivity index (χ0v) is 13.3. The molecule has 1 rings (SSSR count). The van der Waals surface area contributed by atoms with Crippen molar-refractivity contribution in [3.8, 4) is 0 Å². The third-order valence-electron chi connectivity index (χ3n) is 2.56. The van der Waals surface area contributed by atoms with Crippen molar-refractivity contribution in [1.82, 2.24) is 14.9 Å². The average molecular weight is 321 g/mol. The topological polar surface area (TPSA) is 122 Å². The lowest BCUT2D eigenvalue weighted by Crippen LogP contribution is -2.72. The summed E-state index contributed by atoms with van der Waals surface area (Å²) in [6, 6.07) is -2.64. The SMILES string of the molecule is CC1[C@H](NC(=O)OC(C)(C)C)C(=O)N1C(=O)NS(C)(=O)=O. The molecular formula is C11H19N3O6S. The summed E-state index contributed by atoms with van der Waals surface area (Å²) in [5.74, 6) is -0.700. The Morgan fingerprint density at radius 3 is 2.19 bits per heavy atom. The maximum absolute atomic E-state index is 11.8. The Morgan fingerprint density at radius 2 is 1.81 bits per heavy atom. The van der Waals surface area contributed by atoms with Crippen LogP contribution in [0.25, 0.3) is 0 Å². The van der Waals surface area contributed by atoms with Gasteiger partial charge < -0.3 is 10.1 Å². The Labute approximate surface area is 123 Å². The van der Waals surface area contributed by atoms with Crippen molar-refractivity contribution in [2.75, 3.05) is 6.26 Å². The van der Waals surface area contributed by atoms with E-state index >= 15 is 0 Å². The van der Waals surface area contributed by atoms with Crippen LogP contribution in [-0.4, -0.2) is 55.3 Å². The second-order valence-corrected chi connectivity index (χ2v) is 7.50. The van der Waals surface area contributed by atoms with Crippen LogP contribution >= 0.6 is 0 Å². The molecule has 2 N–H and O–H groups in total. The van der Waals surface area contributed by atoms with Gasteiger partial charge in [0.15, 0.2) is 0 Å². The van der Waals surface area contributed by atoms with Gasteiger partial charge in [-0.25, -0.2) is 22.7 Å². The molecular weight excluding hydrogens is 302 g/mol. The minimum absolute atomic E-state index is 0.674. The van der Waals surface area contributed by atoms with E-state index in [9.17, 15) is 22.8 Å². The number of rotatable bonds is 2. The number of ether oxygens (including phenoxy) is 1. The van der Waals surface area contributed by atoms with Crippen molar-refractivity contribution < 1.29 is 27.5 Å². The molecule has 2 atom stereocenters. The second-order valence-electron chi connectivity index (χ2n) is 5.75. The Balaban J connectivity index is 2.63. The first-order chi connectivity index (χ1) is 9.32. The smallest absolute Gasteiger partial charge is 0.408 e. The third kappa shape index (κ3) is 4.59. The normalized spacial score (nSPS) is 22.3. The highest BCUT2D eigenvalue weighted by Gasteiger charge is 2.49. The van der Waals surface area contributed by atoms with E-state index in [1.807, 2.05) is 0 Å². The standard InChI is InChI=1S/C11H19N3O6S/c1-6-7(12-10(17)20-11(2,3)4)8(15)14(6)9(16)13-21(5,18)19/h6-7H,1-5H3,(H,12,17)(H,13,16)/t6?,7-/m0/s1. The second kappa shape index (κ2) is 5.51. The van der Waals surface area contributed by atoms with E-state index in [4.69, 9.17) is 4.74 Å². The number of amides is 4. The fourth-order valence-electron chi connectivity index (χ4n) is 1.73. The number of urea groups is 1. The van der Waals surface area contributed by atoms with Crippen molar-refractivity contribution in [2.45, 2.75) is 45.4 Å². The summed E-state index contributed by atoms with van der Waals surface area (Å²) in [5, 5.41) is 2.34. The number of nitrogens with zero attached hydrogens (tertiary/aromatic N) is 1. The maximum atomic E-state index is 11.8. The van der Waals surface area contributed by atoms with Gasteiger partial charge in [-0.1, -0.05) is 0 Å². The first kappa shape index (κ1) is 17.2. The van der Waals surface area contributed by atoms with Crippen LogP contribution in [0.3, 0.4) is 0 Å². The maximum Gasteiger partial charge on any atom is 0.408 e. The zero-order valence-electron chi connectivity index (χ0n) is 12.5. The first-order valence-corrected chi connectivity index (χ1v) is 8.05. The van der Waals surface area contributed by atoms with Crippen LogP contribution in [-0.2, 0) is 19.6 Å². The van der Waals surface area contributed by atoms with Gasteiger partial charge in [0, 0.05) is 0 Å². The summed E-state index contributed by atoms with van der Waals surface area (Å²) in [6.07, 6.45) is 0.0202. The molecule has 1 heterocycles. The van der Waals surface area contributed by atoms with Gasteiger partial charge in [0.1, 0.15) is 11.6 Å². The van der Waals surface area contributed by atoms with Crippen molar-refractivity contribution in [3.63, 3.8) is 0 Å². The number of imide groups is 1. The van der Waals surface area contributed by atoms with Gasteiger partial charge in [-0.05, 0) is 27.7 Å². The molecule has 1 unspecified atom stereocenters. The van der Waals surface area contributed by atoms with E-state index in [1.165, 1.54) is 6.92 Å². The highest BCUT2D eigenvalue weighted by Crippen LogP contribution is 2.20. The molecule has 1 saturated heterocycles. The number of sulfonamides is 1. The van der Waals surface area contributed by atoms with Gasteiger partial charge in [0.25, 0.3) is 5.91 Å². The molecule has 0 aromatic rings. The van der Waals surface area contributed by atoms with E-state index < -0.39 is 45.7 Å². The molecule has 0 saturated carbocycles. The number of likely N-dealkylation sites (tertiary alicyclic amines) is 1. The number of carbonyl (C=O) groups is 3. The summed E-state index contributed by atoms with van der Waals surface area (Å²) < 4.78 is 28.6. The number of nitrogens with one attached hydrogen (secondary N) is 2. The highest BCUT2D eigenvalue weighted by atomic mass is 32.2. The van der Waals surface area contributed by atoms with Crippen molar-refractivity contribution >= 4 is 28.1 Å². The molecule has 1 aliphatic rings. The largest absolute Gasteiger partial charge is 0.444 e. The van der Waals surface area contributed by atoms with Gasteiger partial charge in [-0.2, -0.15) is 0 Å². The van der Waals surface area contributed by atoms with E-state index in [0.29, 0.717) is 0 Å². The van der Waals surface area contributed by atoms with Crippen molar-refractivity contribution in [3.05, 3.63) is 0 Å². The predicted molar refractivity (Wildman–Crippen MR) is 72.8 cm³/mol. The van der Waals surface area contributed by atoms with E-state index in [1.54, 1.807) is 25.5 Å². The molecule has 9 nitrogen and oxygen atoms in total. The van der Waals surface area contributed by atoms with Crippen LogP contribution < -0.4 is 10.0 Å². The van der Waals surface area contributed by atoms with Gasteiger partial charge in [0.05, 0.1) is 12.3 Å². The zero-order chi connectivity index (χ0) is 16.6. The molecule has 120 valence electrons. The number of hydrogen-bond acceptors (Lipinski definition) is 6. The quantitative estimate of drug-likeness (QED) is 0.678. The summed E-state index contributed by atoms with van der Waals surface area (Å²) in [5.41, 5.74) is -0.715. The average Bonchev–Trinajstić information content (AvgIpc) is 2.21. The number of β-lactam (4-membered cyclic amide) rings is 1. The lowest BCUT2D eigenvalue weighted by Gasteiger charge is -2.43. The summed E-state index contributed by atoms with van der Waals surface area (Å²) in [4.78, 5) is 35.7. The Hall–Kier alpha value is -1.84. The molecule has 0 aromatic carbocycles. The van der Waals surface area contributed by atoms with Crippen molar-refractivity contribution in [1.29, 1.82) is 0 Å². The van der Waals surface area contributed by atoms with E-state index in [2.05, 4.69) is 5.32 Å². The van der Waals surface area contributed by atoms with Crippen LogP contribution in [0.15, 0.2) is 0 Å². The number of carbonyl (C=O) groups excluding carboxylic acids is 3. The minimum Gasteiger partial charge on any atom is -0.444 e. The molecule has 1 fully saturated rings. The minimum atomic E-state index is -3.76. The Kier molecular flexibility index (Phi) is 4.51. The molecule has 4 amide bonds. The van der Waals surface area contributed by atoms with Gasteiger partial charge in [-0.15, -0.1) is 0 Å². The lowest BCUT2D eigenvalue weighted by molar-refractivity contribution is -0.144.